The molecule has 1 N–H and O–H groups in total. The fourth-order valence-electron chi connectivity index (χ4n) is 3.14. The predicted molar refractivity (Wildman–Crippen MR) is 85.0 cm³/mol. The first-order chi connectivity index (χ1) is 12.1. The first-order valence-electron chi connectivity index (χ1n) is 8.01. The Bertz CT molecular complexity index is 635. The minimum atomic E-state index is -4.95. The van der Waals surface area contributed by atoms with E-state index in [2.05, 4.69) is 11.9 Å². The highest BCUT2D eigenvalue weighted by atomic mass is 19.4. The number of benzene rings is 1. The van der Waals surface area contributed by atoms with Crippen LogP contribution >= 0.6 is 0 Å². The molecule has 0 aromatic heterocycles. The summed E-state index contributed by atoms with van der Waals surface area (Å²) in [6.07, 6.45) is -8.24. The van der Waals surface area contributed by atoms with Gasteiger partial charge < -0.3 is 10.1 Å². The Morgan fingerprint density at radius 3 is 2.23 bits per heavy atom. The van der Waals surface area contributed by atoms with Crippen LogP contribution in [0, 0.1) is 0 Å². The molecule has 0 radical (unpaired) electrons. The third kappa shape index (κ3) is 4.50. The Balaban J connectivity index is 2.67. The highest BCUT2D eigenvalue weighted by molar-refractivity contribution is 5.48. The van der Waals surface area contributed by atoms with Crippen LogP contribution in [0.1, 0.15) is 29.2 Å². The Morgan fingerprint density at radius 2 is 1.77 bits per heavy atom. The van der Waals surface area contributed by atoms with Crippen molar-refractivity contribution in [1.29, 1.82) is 0 Å². The van der Waals surface area contributed by atoms with E-state index in [4.69, 9.17) is 4.74 Å². The van der Waals surface area contributed by atoms with E-state index in [9.17, 15) is 26.3 Å². The quantitative estimate of drug-likeness (QED) is 0.609. The second kappa shape index (κ2) is 7.87. The Hall–Kier alpha value is -1.74. The van der Waals surface area contributed by atoms with Crippen molar-refractivity contribution in [3.63, 3.8) is 0 Å². The summed E-state index contributed by atoms with van der Waals surface area (Å²) in [6, 6.07) is 0.0161. The molecule has 9 heteroatoms. The number of methoxy groups -OCH3 is 1. The van der Waals surface area contributed by atoms with Crippen molar-refractivity contribution in [3.8, 4) is 5.75 Å². The molecule has 1 aliphatic rings. The van der Waals surface area contributed by atoms with E-state index in [0.717, 1.165) is 7.11 Å². The minimum absolute atomic E-state index is 0.158. The second-order valence-corrected chi connectivity index (χ2v) is 5.96. The van der Waals surface area contributed by atoms with Gasteiger partial charge in [0.1, 0.15) is 5.75 Å². The molecular formula is C17H20F6N2O. The maximum Gasteiger partial charge on any atom is 0.416 e. The molecule has 146 valence electrons. The van der Waals surface area contributed by atoms with Crippen LogP contribution in [-0.2, 0) is 12.4 Å². The van der Waals surface area contributed by atoms with Crippen molar-refractivity contribution >= 4 is 0 Å². The molecule has 0 saturated carbocycles. The summed E-state index contributed by atoms with van der Waals surface area (Å²) in [6.45, 7) is 5.69. The van der Waals surface area contributed by atoms with Crippen molar-refractivity contribution in [2.45, 2.75) is 24.8 Å². The highest BCUT2D eigenvalue weighted by Gasteiger charge is 2.42. The molecule has 1 aromatic carbocycles. The molecule has 0 bridgehead atoms. The molecule has 0 aliphatic carbocycles. The maximum atomic E-state index is 13.6. The van der Waals surface area contributed by atoms with Crippen LogP contribution in [0.5, 0.6) is 5.75 Å². The number of nitrogens with zero attached hydrogens (tertiary/aromatic N) is 1. The minimum Gasteiger partial charge on any atom is -0.496 e. The summed E-state index contributed by atoms with van der Waals surface area (Å²) >= 11 is 0. The fraction of sp³-hybridized carbons (Fsp3) is 0.529. The van der Waals surface area contributed by atoms with Gasteiger partial charge in [-0.25, -0.2) is 0 Å². The standard InChI is InChI=1S/C17H20F6N2O/c1-3-4-13(25-7-5-24-6-8-25)15-12(17(21,22)23)9-11(16(18,19)20)10-14(15)26-2/h3,9-10,13,24H,1,4-8H2,2H3/t13-/m1/s1. The number of alkyl halides is 6. The van der Waals surface area contributed by atoms with Crippen molar-refractivity contribution in [2.75, 3.05) is 33.3 Å². The first kappa shape index (κ1) is 20.6. The molecule has 3 nitrogen and oxygen atoms in total. The summed E-state index contributed by atoms with van der Waals surface area (Å²) in [5, 5.41) is 3.10. The van der Waals surface area contributed by atoms with E-state index in [1.165, 1.54) is 6.08 Å². The van der Waals surface area contributed by atoms with Gasteiger partial charge >= 0.3 is 12.4 Å². The molecule has 2 rings (SSSR count). The zero-order chi connectivity index (χ0) is 19.5. The molecule has 1 aliphatic heterocycles. The third-order valence-corrected chi connectivity index (χ3v) is 4.31. The molecule has 1 atom stereocenters. The van der Waals surface area contributed by atoms with Crippen molar-refractivity contribution in [2.24, 2.45) is 0 Å². The predicted octanol–water partition coefficient (Wildman–Crippen LogP) is 4.26. The molecule has 0 amide bonds. The van der Waals surface area contributed by atoms with Gasteiger partial charge in [0, 0.05) is 37.8 Å². The summed E-state index contributed by atoms with van der Waals surface area (Å²) in [5.41, 5.74) is -2.99. The first-order valence-corrected chi connectivity index (χ1v) is 8.01. The number of ether oxygens (including phenoxy) is 1. The van der Waals surface area contributed by atoms with Crippen LogP contribution in [0.15, 0.2) is 24.8 Å². The van der Waals surface area contributed by atoms with Gasteiger partial charge in [-0.15, -0.1) is 6.58 Å². The number of piperazine rings is 1. The summed E-state index contributed by atoms with van der Waals surface area (Å²) < 4.78 is 85.0. The zero-order valence-electron chi connectivity index (χ0n) is 14.2. The topological polar surface area (TPSA) is 24.5 Å². The molecule has 1 heterocycles. The summed E-state index contributed by atoms with van der Waals surface area (Å²) in [5.74, 6) is -0.419. The number of rotatable bonds is 5. The van der Waals surface area contributed by atoms with E-state index in [-0.39, 0.29) is 18.1 Å². The highest BCUT2D eigenvalue weighted by Crippen LogP contribution is 2.45. The summed E-state index contributed by atoms with van der Waals surface area (Å²) in [7, 11) is 1.07. The zero-order valence-corrected chi connectivity index (χ0v) is 14.2. The lowest BCUT2D eigenvalue weighted by molar-refractivity contribution is -0.144. The van der Waals surface area contributed by atoms with Gasteiger partial charge in [-0.3, -0.25) is 4.90 Å². The van der Waals surface area contributed by atoms with E-state index < -0.39 is 35.3 Å². The lowest BCUT2D eigenvalue weighted by Gasteiger charge is -2.36. The van der Waals surface area contributed by atoms with Crippen LogP contribution in [0.3, 0.4) is 0 Å². The monoisotopic (exact) mass is 382 g/mol. The largest absolute Gasteiger partial charge is 0.496 e. The van der Waals surface area contributed by atoms with E-state index >= 15 is 0 Å². The van der Waals surface area contributed by atoms with Crippen LogP contribution in [0.2, 0.25) is 0 Å². The lowest BCUT2D eigenvalue weighted by Crippen LogP contribution is -2.45. The number of hydrogen-bond acceptors (Lipinski definition) is 3. The Labute approximate surface area is 147 Å². The molecule has 0 spiro atoms. The Kier molecular flexibility index (Phi) is 6.23. The SMILES string of the molecule is C=CC[C@H](c1c(OC)cc(C(F)(F)F)cc1C(F)(F)F)N1CCNCC1. The van der Waals surface area contributed by atoms with Crippen LogP contribution < -0.4 is 10.1 Å². The summed E-state index contributed by atoms with van der Waals surface area (Å²) in [4.78, 5) is 1.80. The van der Waals surface area contributed by atoms with Gasteiger partial charge in [-0.2, -0.15) is 26.3 Å². The van der Waals surface area contributed by atoms with Gasteiger partial charge in [0.15, 0.2) is 0 Å². The van der Waals surface area contributed by atoms with E-state index in [1.807, 2.05) is 0 Å². The smallest absolute Gasteiger partial charge is 0.416 e. The molecule has 1 fully saturated rings. The van der Waals surface area contributed by atoms with Crippen LogP contribution in [0.25, 0.3) is 0 Å². The molecule has 0 unspecified atom stereocenters. The van der Waals surface area contributed by atoms with E-state index in [0.29, 0.717) is 32.2 Å². The third-order valence-electron chi connectivity index (χ3n) is 4.31. The van der Waals surface area contributed by atoms with Crippen molar-refractivity contribution < 1.29 is 31.1 Å². The molecule has 1 aromatic rings. The van der Waals surface area contributed by atoms with Gasteiger partial charge in [0.25, 0.3) is 0 Å². The van der Waals surface area contributed by atoms with Crippen molar-refractivity contribution in [1.82, 2.24) is 10.2 Å². The second-order valence-electron chi connectivity index (χ2n) is 5.96. The molecule has 26 heavy (non-hydrogen) atoms. The maximum absolute atomic E-state index is 13.6. The van der Waals surface area contributed by atoms with Crippen LogP contribution in [0.4, 0.5) is 26.3 Å². The van der Waals surface area contributed by atoms with E-state index in [1.54, 1.807) is 4.90 Å². The van der Waals surface area contributed by atoms with Gasteiger partial charge in [-0.05, 0) is 18.6 Å². The Morgan fingerprint density at radius 1 is 1.15 bits per heavy atom. The molecule has 1 saturated heterocycles. The van der Waals surface area contributed by atoms with Gasteiger partial charge in [0.05, 0.1) is 18.2 Å². The average molecular weight is 382 g/mol. The van der Waals surface area contributed by atoms with Gasteiger partial charge in [-0.1, -0.05) is 6.08 Å². The fourth-order valence-corrected chi connectivity index (χ4v) is 3.14. The number of halogens is 6. The lowest BCUT2D eigenvalue weighted by atomic mass is 9.92. The number of hydrogen-bond donors (Lipinski definition) is 1. The van der Waals surface area contributed by atoms with Crippen LogP contribution in [-0.4, -0.2) is 38.2 Å². The normalized spacial score (nSPS) is 17.8. The molecular weight excluding hydrogens is 362 g/mol. The van der Waals surface area contributed by atoms with Crippen molar-refractivity contribution in [3.05, 3.63) is 41.5 Å². The average Bonchev–Trinajstić information content (AvgIpc) is 2.57. The number of nitrogens with one attached hydrogen (secondary N) is 1. The van der Waals surface area contributed by atoms with Gasteiger partial charge in [0.2, 0.25) is 0 Å².